The zero-order chi connectivity index (χ0) is 6.36. The van der Waals surface area contributed by atoms with Gasteiger partial charge in [0.1, 0.15) is 0 Å². The highest BCUT2D eigenvalue weighted by molar-refractivity contribution is 9.09. The van der Waals surface area contributed by atoms with Crippen molar-refractivity contribution in [3.8, 4) is 0 Å². The molecule has 0 bridgehead atoms. The highest BCUT2D eigenvalue weighted by Crippen LogP contribution is 2.48. The van der Waals surface area contributed by atoms with Crippen LogP contribution < -0.4 is 0 Å². The van der Waals surface area contributed by atoms with E-state index in [1.165, 1.54) is 0 Å². The Balaban J connectivity index is 2.39. The van der Waals surface area contributed by atoms with E-state index in [2.05, 4.69) is 15.9 Å². The minimum Gasteiger partial charge on any atom is -0.171 e. The molecular weight excluding hydrogens is 185 g/mol. The first-order valence-corrected chi connectivity index (χ1v) is 3.14. The van der Waals surface area contributed by atoms with Crippen LogP contribution in [0.5, 0.6) is 0 Å². The van der Waals surface area contributed by atoms with Crippen LogP contribution in [0.3, 0.4) is 0 Å². The molecule has 0 unspecified atom stereocenters. The molecule has 1 saturated carbocycles. The Kier molecular flexibility index (Phi) is 1.30. The molecule has 8 heavy (non-hydrogen) atoms. The van der Waals surface area contributed by atoms with Crippen molar-refractivity contribution in [2.75, 3.05) is 0 Å². The van der Waals surface area contributed by atoms with Gasteiger partial charge in [-0.05, 0) is 6.42 Å². The van der Waals surface area contributed by atoms with Crippen molar-refractivity contribution in [3.63, 3.8) is 0 Å². The Labute approximate surface area is 53.2 Å². The summed E-state index contributed by atoms with van der Waals surface area (Å²) in [5, 5.41) is 0. The molecular formula is C4H4BrF3. The van der Waals surface area contributed by atoms with Crippen LogP contribution in [0.2, 0.25) is 0 Å². The second-order valence-electron chi connectivity index (χ2n) is 1.90. The Morgan fingerprint density at radius 3 is 1.75 bits per heavy atom. The van der Waals surface area contributed by atoms with E-state index in [4.69, 9.17) is 0 Å². The lowest BCUT2D eigenvalue weighted by molar-refractivity contribution is -0.146. The topological polar surface area (TPSA) is 0 Å². The summed E-state index contributed by atoms with van der Waals surface area (Å²) < 4.78 is 34.4. The van der Waals surface area contributed by atoms with E-state index in [1.54, 1.807) is 0 Å². The van der Waals surface area contributed by atoms with Crippen LogP contribution >= 0.6 is 15.9 Å². The molecule has 0 aromatic carbocycles. The number of rotatable bonds is 0. The predicted molar refractivity (Wildman–Crippen MR) is 26.9 cm³/mol. The Bertz CT molecular complexity index is 97.9. The summed E-state index contributed by atoms with van der Waals surface area (Å²) in [6, 6.07) is 0. The van der Waals surface area contributed by atoms with Crippen LogP contribution in [-0.2, 0) is 0 Å². The highest BCUT2D eigenvalue weighted by Gasteiger charge is 2.54. The molecule has 0 radical (unpaired) electrons. The summed E-state index contributed by atoms with van der Waals surface area (Å²) in [7, 11) is 0. The van der Waals surface area contributed by atoms with Crippen LogP contribution in [0.25, 0.3) is 0 Å². The largest absolute Gasteiger partial charge is 0.392 e. The van der Waals surface area contributed by atoms with Gasteiger partial charge in [-0.15, -0.1) is 0 Å². The molecule has 1 aliphatic carbocycles. The molecule has 0 aromatic rings. The average molecular weight is 189 g/mol. The molecule has 0 nitrogen and oxygen atoms in total. The van der Waals surface area contributed by atoms with Crippen LogP contribution in [0.4, 0.5) is 13.2 Å². The molecule has 0 N–H and O–H groups in total. The molecule has 2 atom stereocenters. The van der Waals surface area contributed by atoms with Crippen LogP contribution in [0.1, 0.15) is 6.42 Å². The van der Waals surface area contributed by atoms with Gasteiger partial charge in [0, 0.05) is 4.83 Å². The molecule has 1 aliphatic rings. The molecule has 1 fully saturated rings. The number of hydrogen-bond acceptors (Lipinski definition) is 0. The number of halogens is 4. The molecule has 0 aromatic heterocycles. The third-order valence-corrected chi connectivity index (χ3v) is 2.14. The highest BCUT2D eigenvalue weighted by atomic mass is 79.9. The summed E-state index contributed by atoms with van der Waals surface area (Å²) in [5.41, 5.74) is 0. The third-order valence-electron chi connectivity index (χ3n) is 1.13. The molecule has 0 heterocycles. The fourth-order valence-electron chi connectivity index (χ4n) is 0.503. The van der Waals surface area contributed by atoms with Gasteiger partial charge in [-0.1, -0.05) is 15.9 Å². The molecule has 0 saturated heterocycles. The lowest BCUT2D eigenvalue weighted by atomic mass is 10.4. The third kappa shape index (κ3) is 1.16. The lowest BCUT2D eigenvalue weighted by Gasteiger charge is -2.00. The van der Waals surface area contributed by atoms with Gasteiger partial charge >= 0.3 is 6.18 Å². The normalized spacial score (nSPS) is 37.5. The maximum atomic E-state index is 11.5. The quantitative estimate of drug-likeness (QED) is 0.513. The fourth-order valence-corrected chi connectivity index (χ4v) is 1.21. The van der Waals surface area contributed by atoms with Gasteiger partial charge in [-0.2, -0.15) is 13.2 Å². The van der Waals surface area contributed by atoms with E-state index < -0.39 is 12.1 Å². The summed E-state index contributed by atoms with van der Waals surface area (Å²) >= 11 is 2.86. The minimum absolute atomic E-state index is 0.253. The summed E-state index contributed by atoms with van der Waals surface area (Å²) in [4.78, 5) is -0.303. The van der Waals surface area contributed by atoms with E-state index >= 15 is 0 Å². The van der Waals surface area contributed by atoms with E-state index in [-0.39, 0.29) is 11.2 Å². The zero-order valence-electron chi connectivity index (χ0n) is 3.87. The summed E-state index contributed by atoms with van der Waals surface area (Å²) in [6.07, 6.45) is -3.71. The van der Waals surface area contributed by atoms with E-state index in [1.807, 2.05) is 0 Å². The molecule has 0 spiro atoms. The van der Waals surface area contributed by atoms with Gasteiger partial charge in [0.2, 0.25) is 0 Å². The van der Waals surface area contributed by atoms with Gasteiger partial charge in [-0.3, -0.25) is 0 Å². The van der Waals surface area contributed by atoms with Crippen molar-refractivity contribution in [2.24, 2.45) is 5.92 Å². The van der Waals surface area contributed by atoms with Gasteiger partial charge < -0.3 is 0 Å². The first kappa shape index (κ1) is 6.39. The number of hydrogen-bond donors (Lipinski definition) is 0. The van der Waals surface area contributed by atoms with Crippen LogP contribution in [-0.4, -0.2) is 11.0 Å². The second-order valence-corrected chi connectivity index (χ2v) is 3.08. The average Bonchev–Trinajstić information content (AvgIpc) is 2.13. The second kappa shape index (κ2) is 1.62. The first-order chi connectivity index (χ1) is 3.52. The van der Waals surface area contributed by atoms with Crippen molar-refractivity contribution in [1.82, 2.24) is 0 Å². The number of alkyl halides is 4. The zero-order valence-corrected chi connectivity index (χ0v) is 5.46. The Morgan fingerprint density at radius 1 is 1.38 bits per heavy atom. The fraction of sp³-hybridized carbons (Fsp3) is 1.00. The Hall–Kier alpha value is 0.270. The summed E-state index contributed by atoms with van der Waals surface area (Å²) in [5.74, 6) is -1.07. The first-order valence-electron chi connectivity index (χ1n) is 2.22. The van der Waals surface area contributed by atoms with Crippen LogP contribution in [0, 0.1) is 5.92 Å². The molecule has 0 amide bonds. The maximum Gasteiger partial charge on any atom is 0.392 e. The smallest absolute Gasteiger partial charge is 0.171 e. The SMILES string of the molecule is FC(F)(F)[C@H]1C[C@H]1Br. The standard InChI is InChI=1S/C4H4BrF3/c5-3-1-2(3)4(6,7)8/h2-3H,1H2/t2-,3+/m0/s1. The van der Waals surface area contributed by atoms with Gasteiger partial charge in [-0.25, -0.2) is 0 Å². The maximum absolute atomic E-state index is 11.5. The predicted octanol–water partition coefficient (Wildman–Crippen LogP) is 2.33. The van der Waals surface area contributed by atoms with Crippen molar-refractivity contribution < 1.29 is 13.2 Å². The molecule has 4 heteroatoms. The lowest BCUT2D eigenvalue weighted by Crippen LogP contribution is -2.11. The van der Waals surface area contributed by atoms with Crippen LogP contribution in [0.15, 0.2) is 0 Å². The Morgan fingerprint density at radius 2 is 1.75 bits per heavy atom. The van der Waals surface area contributed by atoms with E-state index in [0.29, 0.717) is 0 Å². The van der Waals surface area contributed by atoms with Crippen molar-refractivity contribution >= 4 is 15.9 Å². The monoisotopic (exact) mass is 188 g/mol. The van der Waals surface area contributed by atoms with Crippen molar-refractivity contribution in [1.29, 1.82) is 0 Å². The molecule has 1 rings (SSSR count). The van der Waals surface area contributed by atoms with Gasteiger partial charge in [0.25, 0.3) is 0 Å². The van der Waals surface area contributed by atoms with Gasteiger partial charge in [0.05, 0.1) is 5.92 Å². The minimum atomic E-state index is -3.96. The van der Waals surface area contributed by atoms with E-state index in [9.17, 15) is 13.2 Å². The van der Waals surface area contributed by atoms with Crippen molar-refractivity contribution in [2.45, 2.75) is 17.4 Å². The van der Waals surface area contributed by atoms with Crippen molar-refractivity contribution in [3.05, 3.63) is 0 Å². The van der Waals surface area contributed by atoms with Gasteiger partial charge in [0.15, 0.2) is 0 Å². The van der Waals surface area contributed by atoms with E-state index in [0.717, 1.165) is 0 Å². The molecule has 48 valence electrons. The molecule has 0 aliphatic heterocycles. The summed E-state index contributed by atoms with van der Waals surface area (Å²) in [6.45, 7) is 0.